The normalized spacial score (nSPS) is 11.0. The molecule has 0 saturated heterocycles. The van der Waals surface area contributed by atoms with Crippen LogP contribution in [0.4, 0.5) is 5.69 Å². The van der Waals surface area contributed by atoms with Gasteiger partial charge in [-0.15, -0.1) is 0 Å². The summed E-state index contributed by atoms with van der Waals surface area (Å²) in [6.07, 6.45) is 0. The number of aryl methyl sites for hydroxylation is 1. The van der Waals surface area contributed by atoms with Crippen molar-refractivity contribution in [3.05, 3.63) is 77.9 Å². The number of carbonyl (C=O) groups is 1. The molecule has 0 atom stereocenters. The van der Waals surface area contributed by atoms with Gasteiger partial charge < -0.3 is 19.5 Å². The molecule has 0 aliphatic carbocycles. The molecule has 0 aliphatic heterocycles. The molecule has 186 valence electrons. The van der Waals surface area contributed by atoms with Crippen LogP contribution in [0.15, 0.2) is 71.6 Å². The number of nitrogens with one attached hydrogen (secondary N) is 1. The van der Waals surface area contributed by atoms with Crippen LogP contribution in [0.3, 0.4) is 0 Å². The first kappa shape index (κ1) is 25.9. The van der Waals surface area contributed by atoms with Gasteiger partial charge >= 0.3 is 0 Å². The van der Waals surface area contributed by atoms with Crippen molar-refractivity contribution in [2.24, 2.45) is 0 Å². The van der Waals surface area contributed by atoms with Crippen LogP contribution in [0.5, 0.6) is 17.2 Å². The molecular formula is C26H30N2O6S. The summed E-state index contributed by atoms with van der Waals surface area (Å²) in [6.45, 7) is 4.18. The van der Waals surface area contributed by atoms with E-state index < -0.39 is 22.5 Å². The predicted octanol–water partition coefficient (Wildman–Crippen LogP) is 3.92. The molecule has 0 unspecified atom stereocenters. The summed E-state index contributed by atoms with van der Waals surface area (Å²) in [5, 5.41) is 2.79. The highest BCUT2D eigenvalue weighted by Crippen LogP contribution is 2.33. The number of amides is 1. The van der Waals surface area contributed by atoms with Crippen molar-refractivity contribution in [2.45, 2.75) is 25.3 Å². The van der Waals surface area contributed by atoms with Gasteiger partial charge in [0.2, 0.25) is 5.91 Å². The highest BCUT2D eigenvalue weighted by Gasteiger charge is 2.28. The number of benzene rings is 3. The minimum atomic E-state index is -4.05. The summed E-state index contributed by atoms with van der Waals surface area (Å²) in [4.78, 5) is 13.0. The highest BCUT2D eigenvalue weighted by molar-refractivity contribution is 7.92. The number of hydrogen-bond donors (Lipinski definition) is 1. The molecular weight excluding hydrogens is 468 g/mol. The summed E-state index contributed by atoms with van der Waals surface area (Å²) >= 11 is 0. The zero-order chi connectivity index (χ0) is 25.4. The van der Waals surface area contributed by atoms with E-state index in [1.807, 2.05) is 38.1 Å². The molecule has 1 amide bonds. The summed E-state index contributed by atoms with van der Waals surface area (Å²) < 4.78 is 44.2. The fourth-order valence-electron chi connectivity index (χ4n) is 3.39. The third-order valence-electron chi connectivity index (χ3n) is 5.28. The van der Waals surface area contributed by atoms with Crippen LogP contribution in [-0.4, -0.2) is 41.7 Å². The number of sulfonamides is 1. The molecule has 0 saturated carbocycles. The minimum absolute atomic E-state index is 0.0807. The number of carbonyl (C=O) groups excluding carboxylic acids is 1. The highest BCUT2D eigenvalue weighted by atomic mass is 32.2. The molecule has 1 N–H and O–H groups in total. The monoisotopic (exact) mass is 498 g/mol. The summed E-state index contributed by atoms with van der Waals surface area (Å²) in [5.41, 5.74) is 2.06. The lowest BCUT2D eigenvalue weighted by molar-refractivity contribution is -0.119. The Labute approximate surface area is 206 Å². The molecule has 0 spiro atoms. The summed E-state index contributed by atoms with van der Waals surface area (Å²) in [7, 11) is -1.09. The van der Waals surface area contributed by atoms with Crippen molar-refractivity contribution in [1.82, 2.24) is 5.32 Å². The molecule has 9 heteroatoms. The summed E-state index contributed by atoms with van der Waals surface area (Å²) in [6, 6.07) is 18.5. The average molecular weight is 499 g/mol. The standard InChI is InChI=1S/C26H30N2O6S/c1-5-34-22-11-8-20(9-12-22)17-27-26(29)18-28(21-10-15-24(32-3)25(16-21)33-4)35(30,31)23-13-6-19(2)7-14-23/h6-16H,5,17-18H2,1-4H3,(H,27,29). The Morgan fingerprint density at radius 2 is 1.57 bits per heavy atom. The van der Waals surface area contributed by atoms with Gasteiger partial charge in [-0.3, -0.25) is 9.10 Å². The van der Waals surface area contributed by atoms with Gasteiger partial charge in [-0.05, 0) is 55.8 Å². The van der Waals surface area contributed by atoms with E-state index in [0.29, 0.717) is 18.1 Å². The van der Waals surface area contributed by atoms with Gasteiger partial charge in [-0.25, -0.2) is 8.42 Å². The smallest absolute Gasteiger partial charge is 0.264 e. The van der Waals surface area contributed by atoms with E-state index in [4.69, 9.17) is 14.2 Å². The predicted molar refractivity (Wildman–Crippen MR) is 135 cm³/mol. The maximum atomic E-state index is 13.6. The van der Waals surface area contributed by atoms with Crippen LogP contribution >= 0.6 is 0 Å². The van der Waals surface area contributed by atoms with E-state index in [1.165, 1.54) is 32.4 Å². The summed E-state index contributed by atoms with van der Waals surface area (Å²) in [5.74, 6) is 1.09. The largest absolute Gasteiger partial charge is 0.494 e. The van der Waals surface area contributed by atoms with E-state index in [-0.39, 0.29) is 17.1 Å². The minimum Gasteiger partial charge on any atom is -0.494 e. The fraction of sp³-hybridized carbons (Fsp3) is 0.269. The fourth-order valence-corrected chi connectivity index (χ4v) is 4.80. The Hall–Kier alpha value is -3.72. The van der Waals surface area contributed by atoms with Gasteiger partial charge in [0.15, 0.2) is 11.5 Å². The van der Waals surface area contributed by atoms with Crippen molar-refractivity contribution in [3.8, 4) is 17.2 Å². The zero-order valence-corrected chi connectivity index (χ0v) is 21.1. The molecule has 35 heavy (non-hydrogen) atoms. The second-order valence-corrected chi connectivity index (χ2v) is 9.58. The van der Waals surface area contributed by atoms with Gasteiger partial charge in [0.1, 0.15) is 12.3 Å². The Kier molecular flexibility index (Phi) is 8.59. The molecule has 3 aromatic rings. The van der Waals surface area contributed by atoms with E-state index >= 15 is 0 Å². The van der Waals surface area contributed by atoms with Gasteiger partial charge in [0.05, 0.1) is 31.4 Å². The maximum absolute atomic E-state index is 13.6. The van der Waals surface area contributed by atoms with Crippen molar-refractivity contribution in [2.75, 3.05) is 31.7 Å². The van der Waals surface area contributed by atoms with Crippen LogP contribution in [0.2, 0.25) is 0 Å². The zero-order valence-electron chi connectivity index (χ0n) is 20.3. The molecule has 0 aliphatic rings. The van der Waals surface area contributed by atoms with E-state index in [2.05, 4.69) is 5.32 Å². The van der Waals surface area contributed by atoms with Gasteiger partial charge in [0.25, 0.3) is 10.0 Å². The SMILES string of the molecule is CCOc1ccc(CNC(=O)CN(c2ccc(OC)c(OC)c2)S(=O)(=O)c2ccc(C)cc2)cc1. The molecule has 0 radical (unpaired) electrons. The maximum Gasteiger partial charge on any atom is 0.264 e. The molecule has 0 aromatic heterocycles. The van der Waals surface area contributed by atoms with Gasteiger partial charge in [0, 0.05) is 12.6 Å². The number of anilines is 1. The molecule has 3 rings (SSSR count). The van der Waals surface area contributed by atoms with E-state index in [1.54, 1.807) is 24.3 Å². The number of nitrogens with zero attached hydrogens (tertiary/aromatic N) is 1. The molecule has 0 heterocycles. The second-order valence-electron chi connectivity index (χ2n) is 7.72. The van der Waals surface area contributed by atoms with Crippen LogP contribution in [0.1, 0.15) is 18.1 Å². The van der Waals surface area contributed by atoms with Crippen LogP contribution in [0.25, 0.3) is 0 Å². The topological polar surface area (TPSA) is 94.2 Å². The van der Waals surface area contributed by atoms with Crippen LogP contribution in [0, 0.1) is 6.92 Å². The number of rotatable bonds is 11. The first-order chi connectivity index (χ1) is 16.8. The van der Waals surface area contributed by atoms with Gasteiger partial charge in [-0.2, -0.15) is 0 Å². The first-order valence-electron chi connectivity index (χ1n) is 11.1. The molecule has 0 bridgehead atoms. The van der Waals surface area contributed by atoms with Crippen molar-refractivity contribution < 1.29 is 27.4 Å². The molecule has 8 nitrogen and oxygen atoms in total. The van der Waals surface area contributed by atoms with Crippen LogP contribution < -0.4 is 23.8 Å². The van der Waals surface area contributed by atoms with Crippen molar-refractivity contribution in [3.63, 3.8) is 0 Å². The van der Waals surface area contributed by atoms with Crippen LogP contribution in [-0.2, 0) is 21.4 Å². The number of methoxy groups -OCH3 is 2. The molecule has 3 aromatic carbocycles. The Balaban J connectivity index is 1.86. The lowest BCUT2D eigenvalue weighted by atomic mass is 10.2. The van der Waals surface area contributed by atoms with Gasteiger partial charge in [-0.1, -0.05) is 29.8 Å². The van der Waals surface area contributed by atoms with E-state index in [9.17, 15) is 13.2 Å². The Bertz CT molecular complexity index is 1240. The average Bonchev–Trinajstić information content (AvgIpc) is 2.86. The lowest BCUT2D eigenvalue weighted by Crippen LogP contribution is -2.40. The first-order valence-corrected chi connectivity index (χ1v) is 12.5. The Morgan fingerprint density at radius 1 is 0.914 bits per heavy atom. The lowest BCUT2D eigenvalue weighted by Gasteiger charge is -2.25. The number of ether oxygens (including phenoxy) is 3. The third kappa shape index (κ3) is 6.45. The van der Waals surface area contributed by atoms with Crippen molar-refractivity contribution >= 4 is 21.6 Å². The molecule has 0 fully saturated rings. The Morgan fingerprint density at radius 3 is 2.17 bits per heavy atom. The third-order valence-corrected chi connectivity index (χ3v) is 7.06. The quantitative estimate of drug-likeness (QED) is 0.431. The number of hydrogen-bond acceptors (Lipinski definition) is 6. The van der Waals surface area contributed by atoms with E-state index in [0.717, 1.165) is 21.2 Å². The van der Waals surface area contributed by atoms with Crippen molar-refractivity contribution in [1.29, 1.82) is 0 Å². The second kappa shape index (κ2) is 11.6.